The highest BCUT2D eigenvalue weighted by Crippen LogP contribution is 2.32. The Kier molecular flexibility index (Phi) is 2.03. The lowest BCUT2D eigenvalue weighted by Gasteiger charge is -2.31. The molecule has 0 atom stereocenters. The Hall–Kier alpha value is -1.45. The number of pyridine rings is 1. The third kappa shape index (κ3) is 1.60. The van der Waals surface area contributed by atoms with E-state index in [-0.39, 0.29) is 17.9 Å². The lowest BCUT2D eigenvalue weighted by Crippen LogP contribution is -2.44. The fourth-order valence-corrected chi connectivity index (χ4v) is 1.86. The van der Waals surface area contributed by atoms with Crippen molar-refractivity contribution in [3.05, 3.63) is 23.6 Å². The third-order valence-corrected chi connectivity index (χ3v) is 2.38. The van der Waals surface area contributed by atoms with Crippen LogP contribution in [0.5, 0.6) is 0 Å². The number of aromatic nitrogens is 1. The van der Waals surface area contributed by atoms with Crippen LogP contribution in [0.1, 0.15) is 26.3 Å². The van der Waals surface area contributed by atoms with Gasteiger partial charge in [0, 0.05) is 11.1 Å². The molecule has 2 rings (SSSR count). The first-order valence-electron chi connectivity index (χ1n) is 4.87. The van der Waals surface area contributed by atoms with Gasteiger partial charge in [0.2, 0.25) is 5.91 Å². The van der Waals surface area contributed by atoms with Gasteiger partial charge >= 0.3 is 0 Å². The molecule has 80 valence electrons. The van der Waals surface area contributed by atoms with Gasteiger partial charge in [-0.05, 0) is 26.8 Å². The van der Waals surface area contributed by atoms with Gasteiger partial charge in [0.05, 0.1) is 12.6 Å². The summed E-state index contributed by atoms with van der Waals surface area (Å²) >= 11 is 0. The molecule has 0 aromatic carbocycles. The topological polar surface area (TPSA) is 33.2 Å². The van der Waals surface area contributed by atoms with Crippen LogP contribution in [0.25, 0.3) is 0 Å². The molecule has 2 heterocycles. The molecule has 0 aliphatic carbocycles. The van der Waals surface area contributed by atoms with Crippen LogP contribution in [0.2, 0.25) is 0 Å². The van der Waals surface area contributed by atoms with Crippen molar-refractivity contribution in [1.29, 1.82) is 0 Å². The van der Waals surface area contributed by atoms with Crippen molar-refractivity contribution in [3.63, 3.8) is 0 Å². The van der Waals surface area contributed by atoms with Crippen molar-refractivity contribution >= 4 is 11.7 Å². The van der Waals surface area contributed by atoms with Crippen LogP contribution in [0, 0.1) is 5.82 Å². The van der Waals surface area contributed by atoms with Crippen LogP contribution >= 0.6 is 0 Å². The van der Waals surface area contributed by atoms with Gasteiger partial charge in [-0.1, -0.05) is 0 Å². The summed E-state index contributed by atoms with van der Waals surface area (Å²) in [6.07, 6.45) is 1.40. The Bertz CT molecular complexity index is 423. The van der Waals surface area contributed by atoms with E-state index in [4.69, 9.17) is 0 Å². The molecule has 1 aromatic rings. The Morgan fingerprint density at radius 2 is 2.13 bits per heavy atom. The first-order chi connectivity index (χ1) is 6.89. The smallest absolute Gasteiger partial charge is 0.233 e. The predicted octanol–water partition coefficient (Wildman–Crippen LogP) is 1.91. The quantitative estimate of drug-likeness (QED) is 0.652. The van der Waals surface area contributed by atoms with E-state index >= 15 is 0 Å². The zero-order valence-corrected chi connectivity index (χ0v) is 9.04. The van der Waals surface area contributed by atoms with E-state index in [1.54, 1.807) is 4.90 Å². The molecule has 0 saturated heterocycles. The van der Waals surface area contributed by atoms with Crippen LogP contribution < -0.4 is 4.90 Å². The molecule has 1 aliphatic rings. The Balaban J connectivity index is 2.51. The van der Waals surface area contributed by atoms with E-state index in [1.165, 1.54) is 6.07 Å². The van der Waals surface area contributed by atoms with Gasteiger partial charge in [-0.3, -0.25) is 9.69 Å². The lowest BCUT2D eigenvalue weighted by atomic mass is 10.1. The zero-order chi connectivity index (χ0) is 11.2. The average Bonchev–Trinajstić information content (AvgIpc) is 2.38. The van der Waals surface area contributed by atoms with Gasteiger partial charge in [0.1, 0.15) is 11.6 Å². The van der Waals surface area contributed by atoms with E-state index in [1.807, 2.05) is 20.8 Å². The van der Waals surface area contributed by atoms with Gasteiger partial charge in [-0.2, -0.15) is 0 Å². The predicted molar refractivity (Wildman–Crippen MR) is 55.1 cm³/mol. The molecular weight excluding hydrogens is 195 g/mol. The summed E-state index contributed by atoms with van der Waals surface area (Å²) in [5, 5.41) is 0. The molecule has 0 fully saturated rings. The Labute approximate surface area is 87.9 Å². The molecule has 0 unspecified atom stereocenters. The number of carbonyl (C=O) groups excluding carboxylic acids is 1. The van der Waals surface area contributed by atoms with E-state index in [0.29, 0.717) is 11.4 Å². The van der Waals surface area contributed by atoms with Gasteiger partial charge in [-0.15, -0.1) is 0 Å². The zero-order valence-electron chi connectivity index (χ0n) is 9.04. The first-order valence-corrected chi connectivity index (χ1v) is 4.87. The highest BCUT2D eigenvalue weighted by molar-refractivity contribution is 6.01. The second-order valence-electron chi connectivity index (χ2n) is 4.71. The van der Waals surface area contributed by atoms with Gasteiger partial charge in [-0.25, -0.2) is 9.37 Å². The number of carbonyl (C=O) groups is 1. The van der Waals surface area contributed by atoms with E-state index < -0.39 is 5.82 Å². The summed E-state index contributed by atoms with van der Waals surface area (Å²) in [5.74, 6) is 0.182. The fourth-order valence-electron chi connectivity index (χ4n) is 1.86. The highest BCUT2D eigenvalue weighted by atomic mass is 19.1. The third-order valence-electron chi connectivity index (χ3n) is 2.38. The standard InChI is InChI=1S/C11H13FN2O/c1-11(2,3)14-9(15)5-7-4-8(12)6-13-10(7)14/h4,6H,5H2,1-3H3. The summed E-state index contributed by atoms with van der Waals surface area (Å²) in [7, 11) is 0. The molecular formula is C11H13FN2O. The Morgan fingerprint density at radius 1 is 1.47 bits per heavy atom. The normalized spacial score (nSPS) is 15.7. The van der Waals surface area contributed by atoms with Crippen molar-refractivity contribution in [2.75, 3.05) is 4.90 Å². The maximum atomic E-state index is 12.9. The van der Waals surface area contributed by atoms with Crippen molar-refractivity contribution in [2.45, 2.75) is 32.7 Å². The number of fused-ring (bicyclic) bond motifs is 1. The summed E-state index contributed by atoms with van der Waals surface area (Å²) in [6.45, 7) is 5.81. The van der Waals surface area contributed by atoms with Crippen LogP contribution in [-0.4, -0.2) is 16.4 Å². The monoisotopic (exact) mass is 208 g/mol. The first kappa shape index (κ1) is 10.1. The fraction of sp³-hybridized carbons (Fsp3) is 0.455. The molecule has 0 saturated carbocycles. The molecule has 0 N–H and O–H groups in total. The van der Waals surface area contributed by atoms with E-state index in [9.17, 15) is 9.18 Å². The maximum absolute atomic E-state index is 12.9. The SMILES string of the molecule is CC(C)(C)N1C(=O)Cc2cc(F)cnc21. The van der Waals surface area contributed by atoms with Crippen molar-refractivity contribution < 1.29 is 9.18 Å². The number of anilines is 1. The van der Waals surface area contributed by atoms with E-state index in [2.05, 4.69) is 4.98 Å². The van der Waals surface area contributed by atoms with Crippen LogP contribution in [-0.2, 0) is 11.2 Å². The number of amides is 1. The van der Waals surface area contributed by atoms with Crippen molar-refractivity contribution in [2.24, 2.45) is 0 Å². The van der Waals surface area contributed by atoms with Gasteiger partial charge in [0.25, 0.3) is 0 Å². The molecule has 0 spiro atoms. The summed E-state index contributed by atoms with van der Waals surface area (Å²) in [6, 6.07) is 1.38. The number of halogens is 1. The summed E-state index contributed by atoms with van der Waals surface area (Å²) in [4.78, 5) is 17.4. The van der Waals surface area contributed by atoms with Gasteiger partial charge < -0.3 is 0 Å². The minimum Gasteiger partial charge on any atom is -0.291 e. The Morgan fingerprint density at radius 3 is 2.73 bits per heavy atom. The maximum Gasteiger partial charge on any atom is 0.233 e. The molecule has 0 radical (unpaired) electrons. The molecule has 3 nitrogen and oxygen atoms in total. The highest BCUT2D eigenvalue weighted by Gasteiger charge is 2.36. The molecule has 1 aliphatic heterocycles. The van der Waals surface area contributed by atoms with Crippen LogP contribution in [0.4, 0.5) is 10.2 Å². The largest absolute Gasteiger partial charge is 0.291 e. The number of hydrogen-bond donors (Lipinski definition) is 0. The molecule has 4 heteroatoms. The molecule has 15 heavy (non-hydrogen) atoms. The van der Waals surface area contributed by atoms with E-state index in [0.717, 1.165) is 6.20 Å². The second-order valence-corrected chi connectivity index (χ2v) is 4.71. The molecule has 1 aromatic heterocycles. The summed E-state index contributed by atoms with van der Waals surface area (Å²) in [5.41, 5.74) is 0.364. The van der Waals surface area contributed by atoms with Crippen molar-refractivity contribution in [3.8, 4) is 0 Å². The van der Waals surface area contributed by atoms with Gasteiger partial charge in [0.15, 0.2) is 0 Å². The number of hydrogen-bond acceptors (Lipinski definition) is 2. The number of nitrogens with zero attached hydrogens (tertiary/aromatic N) is 2. The average molecular weight is 208 g/mol. The lowest BCUT2D eigenvalue weighted by molar-refractivity contribution is -0.118. The van der Waals surface area contributed by atoms with Crippen LogP contribution in [0.3, 0.4) is 0 Å². The number of rotatable bonds is 0. The summed E-state index contributed by atoms with van der Waals surface area (Å²) < 4.78 is 12.9. The van der Waals surface area contributed by atoms with Crippen molar-refractivity contribution in [1.82, 2.24) is 4.98 Å². The molecule has 0 bridgehead atoms. The second kappa shape index (κ2) is 3.02. The minimum absolute atomic E-state index is 0.0180. The minimum atomic E-state index is -0.391. The molecule has 1 amide bonds. The van der Waals surface area contributed by atoms with Crippen LogP contribution in [0.15, 0.2) is 12.3 Å².